The molecule has 2 aromatic rings. The van der Waals surface area contributed by atoms with Crippen molar-refractivity contribution < 1.29 is 9.53 Å². The van der Waals surface area contributed by atoms with E-state index >= 15 is 0 Å². The predicted octanol–water partition coefficient (Wildman–Crippen LogP) is 1.36. The van der Waals surface area contributed by atoms with Gasteiger partial charge in [0, 0.05) is 30.9 Å². The number of hydrogen-bond acceptors (Lipinski definition) is 4. The van der Waals surface area contributed by atoms with Crippen molar-refractivity contribution in [2.45, 2.75) is 19.9 Å². The minimum Gasteiger partial charge on any atom is -0.466 e. The normalized spacial score (nSPS) is 15.2. The molecule has 0 amide bonds. The van der Waals surface area contributed by atoms with E-state index < -0.39 is 0 Å². The number of fused-ring (bicyclic) bond motifs is 1. The number of carbonyl (C=O) groups excluding carboxylic acids is 1. The molecule has 0 aliphatic carbocycles. The van der Waals surface area contributed by atoms with Crippen molar-refractivity contribution in [1.29, 1.82) is 0 Å². The fourth-order valence-electron chi connectivity index (χ4n) is 2.54. The van der Waals surface area contributed by atoms with Gasteiger partial charge in [0.25, 0.3) is 0 Å². The average Bonchev–Trinajstić information content (AvgIpc) is 2.73. The molecule has 2 heterocycles. The second-order valence-corrected chi connectivity index (χ2v) is 5.15. The van der Waals surface area contributed by atoms with Crippen LogP contribution in [0.25, 0.3) is 10.9 Å². The minimum atomic E-state index is -0.215. The summed E-state index contributed by atoms with van der Waals surface area (Å²) in [5.74, 6) is 0.418. The number of rotatable bonds is 5. The average molecular weight is 273 g/mol. The lowest BCUT2D eigenvalue weighted by Gasteiger charge is -2.27. The van der Waals surface area contributed by atoms with Gasteiger partial charge in [0.15, 0.2) is 0 Å². The highest BCUT2D eigenvalue weighted by Gasteiger charge is 2.20. The number of hydrogen-bond donors (Lipinski definition) is 1. The predicted molar refractivity (Wildman–Crippen MR) is 76.4 cm³/mol. The van der Waals surface area contributed by atoms with E-state index in [1.165, 1.54) is 0 Å². The van der Waals surface area contributed by atoms with Gasteiger partial charge in [0.1, 0.15) is 0 Å². The Kier molecular flexibility index (Phi) is 3.69. The Bertz CT molecular complexity index is 617. The zero-order valence-electron chi connectivity index (χ0n) is 11.6. The molecule has 5 nitrogen and oxygen atoms in total. The molecular weight excluding hydrogens is 254 g/mol. The highest BCUT2D eigenvalue weighted by molar-refractivity contribution is 5.86. The first-order chi connectivity index (χ1) is 9.78. The van der Waals surface area contributed by atoms with Crippen molar-refractivity contribution in [3.8, 4) is 0 Å². The number of nitrogens with zero attached hydrogens (tertiary/aromatic N) is 2. The van der Waals surface area contributed by atoms with Crippen LogP contribution < -0.4 is 5.32 Å². The Morgan fingerprint density at radius 3 is 2.95 bits per heavy atom. The minimum absolute atomic E-state index is 0.215. The summed E-state index contributed by atoms with van der Waals surface area (Å²) in [6, 6.07) is 8.07. The van der Waals surface area contributed by atoms with E-state index in [0.717, 1.165) is 36.2 Å². The van der Waals surface area contributed by atoms with Crippen LogP contribution in [-0.4, -0.2) is 35.4 Å². The third-order valence-corrected chi connectivity index (χ3v) is 3.65. The fourth-order valence-corrected chi connectivity index (χ4v) is 2.54. The van der Waals surface area contributed by atoms with Crippen LogP contribution in [0.1, 0.15) is 12.6 Å². The maximum atomic E-state index is 11.7. The Hall–Kier alpha value is -1.88. The van der Waals surface area contributed by atoms with Gasteiger partial charge in [-0.15, -0.1) is 0 Å². The molecule has 0 saturated carbocycles. The monoisotopic (exact) mass is 273 g/mol. The van der Waals surface area contributed by atoms with Crippen molar-refractivity contribution in [3.05, 3.63) is 30.0 Å². The molecule has 1 aromatic carbocycles. The number of para-hydroxylation sites is 1. The molecule has 0 spiro atoms. The largest absolute Gasteiger partial charge is 0.466 e. The lowest BCUT2D eigenvalue weighted by atomic mass is 10.0. The molecule has 1 aromatic heterocycles. The smallest absolute Gasteiger partial charge is 0.311 e. The van der Waals surface area contributed by atoms with E-state index in [0.29, 0.717) is 12.5 Å². The molecule has 106 valence electrons. The lowest BCUT2D eigenvalue weighted by Crippen LogP contribution is -2.44. The summed E-state index contributed by atoms with van der Waals surface area (Å²) in [6.07, 6.45) is 0.240. The number of benzene rings is 1. The third kappa shape index (κ3) is 2.54. The van der Waals surface area contributed by atoms with Crippen LogP contribution in [0, 0.1) is 5.92 Å². The van der Waals surface area contributed by atoms with E-state index in [-0.39, 0.29) is 12.4 Å². The van der Waals surface area contributed by atoms with Gasteiger partial charge in [-0.25, -0.2) is 0 Å². The van der Waals surface area contributed by atoms with Gasteiger partial charge in [0.05, 0.1) is 24.2 Å². The van der Waals surface area contributed by atoms with Crippen molar-refractivity contribution in [2.75, 3.05) is 19.7 Å². The Morgan fingerprint density at radius 1 is 1.45 bits per heavy atom. The summed E-state index contributed by atoms with van der Waals surface area (Å²) in [5, 5.41) is 8.94. The molecule has 0 radical (unpaired) electrons. The SMILES string of the molecule is CCOC(=O)Cc1nn(CC2CNC2)c2ccccc12. The maximum absolute atomic E-state index is 11.7. The van der Waals surface area contributed by atoms with Gasteiger partial charge < -0.3 is 10.1 Å². The highest BCUT2D eigenvalue weighted by atomic mass is 16.5. The first-order valence-corrected chi connectivity index (χ1v) is 7.08. The van der Waals surface area contributed by atoms with Gasteiger partial charge in [0.2, 0.25) is 0 Å². The summed E-state index contributed by atoms with van der Waals surface area (Å²) in [5.41, 5.74) is 1.91. The Labute approximate surface area is 117 Å². The van der Waals surface area contributed by atoms with E-state index in [1.54, 1.807) is 0 Å². The number of nitrogens with one attached hydrogen (secondary N) is 1. The molecule has 0 atom stereocenters. The molecule has 1 aliphatic rings. The number of esters is 1. The summed E-state index contributed by atoms with van der Waals surface area (Å²) in [7, 11) is 0. The van der Waals surface area contributed by atoms with Crippen LogP contribution in [0.15, 0.2) is 24.3 Å². The maximum Gasteiger partial charge on any atom is 0.311 e. The summed E-state index contributed by atoms with van der Waals surface area (Å²) >= 11 is 0. The topological polar surface area (TPSA) is 56.1 Å². The fraction of sp³-hybridized carbons (Fsp3) is 0.467. The standard InChI is InChI=1S/C15H19N3O2/c1-2-20-15(19)7-13-12-5-3-4-6-14(12)18(17-13)10-11-8-16-9-11/h3-6,11,16H,2,7-10H2,1H3. The van der Waals surface area contributed by atoms with Crippen LogP contribution in [0.3, 0.4) is 0 Å². The van der Waals surface area contributed by atoms with Gasteiger partial charge in [-0.2, -0.15) is 5.10 Å². The Balaban J connectivity index is 1.88. The molecule has 3 rings (SSSR count). The van der Waals surface area contributed by atoms with Crippen LogP contribution in [-0.2, 0) is 22.5 Å². The molecule has 1 aliphatic heterocycles. The third-order valence-electron chi connectivity index (χ3n) is 3.65. The van der Waals surface area contributed by atoms with Gasteiger partial charge in [-0.1, -0.05) is 18.2 Å². The van der Waals surface area contributed by atoms with Crippen LogP contribution in [0.2, 0.25) is 0 Å². The van der Waals surface area contributed by atoms with Gasteiger partial charge in [-0.3, -0.25) is 9.48 Å². The molecule has 5 heteroatoms. The van der Waals surface area contributed by atoms with Gasteiger partial charge >= 0.3 is 5.97 Å². The quantitative estimate of drug-likeness (QED) is 0.836. The molecule has 1 N–H and O–H groups in total. The Morgan fingerprint density at radius 2 is 2.25 bits per heavy atom. The second kappa shape index (κ2) is 5.63. The van der Waals surface area contributed by atoms with E-state index in [2.05, 4.69) is 16.5 Å². The van der Waals surface area contributed by atoms with E-state index in [9.17, 15) is 4.79 Å². The van der Waals surface area contributed by atoms with Gasteiger partial charge in [-0.05, 0) is 13.0 Å². The summed E-state index contributed by atoms with van der Waals surface area (Å²) in [4.78, 5) is 11.7. The van der Waals surface area contributed by atoms with Crippen molar-refractivity contribution in [2.24, 2.45) is 5.92 Å². The zero-order valence-corrected chi connectivity index (χ0v) is 11.6. The summed E-state index contributed by atoms with van der Waals surface area (Å²) < 4.78 is 7.04. The zero-order chi connectivity index (χ0) is 13.9. The van der Waals surface area contributed by atoms with Crippen molar-refractivity contribution in [3.63, 3.8) is 0 Å². The molecule has 0 unspecified atom stereocenters. The number of ether oxygens (including phenoxy) is 1. The van der Waals surface area contributed by atoms with Crippen LogP contribution >= 0.6 is 0 Å². The molecular formula is C15H19N3O2. The second-order valence-electron chi connectivity index (χ2n) is 5.15. The number of carbonyl (C=O) groups is 1. The summed E-state index contributed by atoms with van der Waals surface area (Å²) in [6.45, 7) is 5.21. The number of aromatic nitrogens is 2. The van der Waals surface area contributed by atoms with Crippen LogP contribution in [0.4, 0.5) is 0 Å². The first kappa shape index (κ1) is 13.1. The molecule has 1 fully saturated rings. The first-order valence-electron chi connectivity index (χ1n) is 7.08. The van der Waals surface area contributed by atoms with E-state index in [4.69, 9.17) is 4.74 Å². The van der Waals surface area contributed by atoms with Crippen molar-refractivity contribution in [1.82, 2.24) is 15.1 Å². The molecule has 0 bridgehead atoms. The molecule has 20 heavy (non-hydrogen) atoms. The lowest BCUT2D eigenvalue weighted by molar-refractivity contribution is -0.142. The van der Waals surface area contributed by atoms with E-state index in [1.807, 2.05) is 29.8 Å². The molecule has 1 saturated heterocycles. The van der Waals surface area contributed by atoms with Crippen LogP contribution in [0.5, 0.6) is 0 Å². The highest BCUT2D eigenvalue weighted by Crippen LogP contribution is 2.21. The van der Waals surface area contributed by atoms with Crippen molar-refractivity contribution >= 4 is 16.9 Å².